The lowest BCUT2D eigenvalue weighted by atomic mass is 9.94. The van der Waals surface area contributed by atoms with Crippen LogP contribution in [0.2, 0.25) is 0 Å². The molecule has 3 heterocycles. The quantitative estimate of drug-likeness (QED) is 0.844. The lowest BCUT2D eigenvalue weighted by molar-refractivity contribution is -0.117. The van der Waals surface area contributed by atoms with Crippen molar-refractivity contribution in [3.8, 4) is 0 Å². The molecule has 0 aromatic carbocycles. The minimum absolute atomic E-state index is 0.0698. The molecule has 1 aromatic heterocycles. The zero-order chi connectivity index (χ0) is 14.2. The summed E-state index contributed by atoms with van der Waals surface area (Å²) in [5.74, 6) is 1.69. The molecule has 7 nitrogen and oxygen atoms in total. The van der Waals surface area contributed by atoms with Crippen molar-refractivity contribution in [3.63, 3.8) is 0 Å². The smallest absolute Gasteiger partial charge is 0.322 e. The summed E-state index contributed by atoms with van der Waals surface area (Å²) in [7, 11) is 0. The molecule has 2 aliphatic heterocycles. The van der Waals surface area contributed by atoms with Crippen molar-refractivity contribution >= 4 is 11.9 Å². The molecule has 2 N–H and O–H groups in total. The van der Waals surface area contributed by atoms with Crippen molar-refractivity contribution in [1.29, 1.82) is 0 Å². The Morgan fingerprint density at radius 1 is 1.33 bits per heavy atom. The lowest BCUT2D eigenvalue weighted by Gasteiger charge is -2.24. The molecule has 3 fully saturated rings. The Hall–Kier alpha value is -1.47. The van der Waals surface area contributed by atoms with Gasteiger partial charge in [-0.3, -0.25) is 15.0 Å². The van der Waals surface area contributed by atoms with E-state index < -0.39 is 0 Å². The Kier molecular flexibility index (Phi) is 3.39. The lowest BCUT2D eigenvalue weighted by Crippen LogP contribution is -2.41. The molecule has 0 bridgehead atoms. The number of hydrogen-bond donors (Lipinski definition) is 2. The van der Waals surface area contributed by atoms with E-state index in [1.54, 1.807) is 0 Å². The molecular formula is C14H21N5O2. The Bertz CT molecular complexity index is 513. The van der Waals surface area contributed by atoms with Gasteiger partial charge in [-0.05, 0) is 38.1 Å². The van der Waals surface area contributed by atoms with E-state index in [1.165, 1.54) is 12.8 Å². The zero-order valence-electron chi connectivity index (χ0n) is 12.0. The van der Waals surface area contributed by atoms with E-state index in [-0.39, 0.29) is 11.9 Å². The highest BCUT2D eigenvalue weighted by atomic mass is 16.4. The van der Waals surface area contributed by atoms with Crippen LogP contribution in [-0.4, -0.2) is 53.2 Å². The first-order chi connectivity index (χ1) is 10.3. The van der Waals surface area contributed by atoms with Crippen molar-refractivity contribution < 1.29 is 9.21 Å². The van der Waals surface area contributed by atoms with Crippen LogP contribution in [0.3, 0.4) is 0 Å². The van der Waals surface area contributed by atoms with Crippen LogP contribution in [0.4, 0.5) is 6.01 Å². The highest BCUT2D eigenvalue weighted by Gasteiger charge is 2.35. The van der Waals surface area contributed by atoms with Gasteiger partial charge in [-0.25, -0.2) is 0 Å². The van der Waals surface area contributed by atoms with Gasteiger partial charge < -0.3 is 9.73 Å². The Morgan fingerprint density at radius 2 is 2.24 bits per heavy atom. The maximum Gasteiger partial charge on any atom is 0.322 e. The first kappa shape index (κ1) is 13.2. The average molecular weight is 291 g/mol. The van der Waals surface area contributed by atoms with Crippen LogP contribution in [0, 0.1) is 5.92 Å². The molecule has 0 radical (unpaired) electrons. The van der Waals surface area contributed by atoms with Crippen LogP contribution in [0.5, 0.6) is 0 Å². The number of piperidine rings is 1. The van der Waals surface area contributed by atoms with Gasteiger partial charge in [-0.2, -0.15) is 0 Å². The number of amides is 1. The number of likely N-dealkylation sites (tertiary alicyclic amines) is 1. The van der Waals surface area contributed by atoms with Crippen LogP contribution in [0.25, 0.3) is 0 Å². The molecule has 114 valence electrons. The summed E-state index contributed by atoms with van der Waals surface area (Å²) in [6, 6.07) is 0.785. The second-order valence-electron chi connectivity index (χ2n) is 6.42. The molecule has 2 unspecified atom stereocenters. The first-order valence-electron chi connectivity index (χ1n) is 7.87. The van der Waals surface area contributed by atoms with Crippen LogP contribution in [0.15, 0.2) is 4.42 Å². The summed E-state index contributed by atoms with van der Waals surface area (Å²) < 4.78 is 5.45. The molecule has 1 amide bonds. The molecule has 1 aliphatic carbocycles. The van der Waals surface area contributed by atoms with E-state index in [2.05, 4.69) is 25.7 Å². The first-order valence-corrected chi connectivity index (χ1v) is 7.87. The van der Waals surface area contributed by atoms with E-state index in [0.29, 0.717) is 30.3 Å². The fraction of sp³-hybridized carbons (Fsp3) is 0.786. The predicted molar refractivity (Wildman–Crippen MR) is 75.9 cm³/mol. The number of fused-ring (bicyclic) bond motifs is 1. The summed E-state index contributed by atoms with van der Waals surface area (Å²) in [4.78, 5) is 14.3. The molecule has 0 spiro atoms. The van der Waals surface area contributed by atoms with E-state index in [9.17, 15) is 4.79 Å². The fourth-order valence-corrected chi connectivity index (χ4v) is 3.41. The molecule has 21 heavy (non-hydrogen) atoms. The SMILES string of the molecule is O=C(CN1CC2CCCNC2C1)Nc1nnc(C2CC2)o1. The number of carbonyl (C=O) groups is 1. The predicted octanol–water partition coefficient (Wildman–Crippen LogP) is 0.569. The Morgan fingerprint density at radius 3 is 3.05 bits per heavy atom. The van der Waals surface area contributed by atoms with Gasteiger partial charge in [0.05, 0.1) is 6.54 Å². The van der Waals surface area contributed by atoms with Gasteiger partial charge in [0.2, 0.25) is 11.8 Å². The second-order valence-corrected chi connectivity index (χ2v) is 6.42. The van der Waals surface area contributed by atoms with Crippen molar-refractivity contribution in [2.24, 2.45) is 5.92 Å². The van der Waals surface area contributed by atoms with E-state index in [0.717, 1.165) is 32.5 Å². The van der Waals surface area contributed by atoms with E-state index in [4.69, 9.17) is 4.42 Å². The topological polar surface area (TPSA) is 83.3 Å². The molecule has 1 aromatic rings. The normalized spacial score (nSPS) is 29.3. The van der Waals surface area contributed by atoms with Crippen molar-refractivity contribution in [2.75, 3.05) is 31.5 Å². The molecular weight excluding hydrogens is 270 g/mol. The van der Waals surface area contributed by atoms with Gasteiger partial charge in [0.1, 0.15) is 0 Å². The van der Waals surface area contributed by atoms with Gasteiger partial charge in [0.25, 0.3) is 0 Å². The summed E-state index contributed by atoms with van der Waals surface area (Å²) >= 11 is 0. The monoisotopic (exact) mass is 291 g/mol. The molecule has 7 heteroatoms. The largest absolute Gasteiger partial charge is 0.408 e. The molecule has 3 aliphatic rings. The van der Waals surface area contributed by atoms with Crippen LogP contribution in [-0.2, 0) is 4.79 Å². The van der Waals surface area contributed by atoms with Gasteiger partial charge in [-0.15, -0.1) is 5.10 Å². The minimum Gasteiger partial charge on any atom is -0.408 e. The minimum atomic E-state index is -0.0698. The van der Waals surface area contributed by atoms with Crippen LogP contribution in [0.1, 0.15) is 37.5 Å². The highest BCUT2D eigenvalue weighted by molar-refractivity contribution is 5.90. The van der Waals surface area contributed by atoms with Gasteiger partial charge in [0.15, 0.2) is 0 Å². The Labute approximate surface area is 123 Å². The maximum absolute atomic E-state index is 12.1. The molecule has 2 atom stereocenters. The number of carbonyl (C=O) groups excluding carboxylic acids is 1. The summed E-state index contributed by atoms with van der Waals surface area (Å²) in [5.41, 5.74) is 0. The molecule has 1 saturated carbocycles. The fourth-order valence-electron chi connectivity index (χ4n) is 3.41. The van der Waals surface area contributed by atoms with Crippen LogP contribution < -0.4 is 10.6 Å². The maximum atomic E-state index is 12.1. The number of nitrogens with one attached hydrogen (secondary N) is 2. The number of hydrogen-bond acceptors (Lipinski definition) is 6. The van der Waals surface area contributed by atoms with E-state index in [1.807, 2.05) is 0 Å². The molecule has 2 saturated heterocycles. The second kappa shape index (κ2) is 5.38. The van der Waals surface area contributed by atoms with Crippen molar-refractivity contribution in [3.05, 3.63) is 5.89 Å². The number of anilines is 1. The third kappa shape index (κ3) is 2.94. The van der Waals surface area contributed by atoms with Crippen molar-refractivity contribution in [1.82, 2.24) is 20.4 Å². The van der Waals surface area contributed by atoms with Gasteiger partial charge in [0, 0.05) is 25.0 Å². The standard InChI is InChI=1S/C14H21N5O2/c20-12(16-14-18-17-13(21-14)9-3-4-9)8-19-6-10-2-1-5-15-11(10)7-19/h9-11,15H,1-8H2,(H,16,18,20). The van der Waals surface area contributed by atoms with Crippen molar-refractivity contribution in [2.45, 2.75) is 37.6 Å². The third-order valence-corrected chi connectivity index (χ3v) is 4.66. The number of aromatic nitrogens is 2. The summed E-state index contributed by atoms with van der Waals surface area (Å²) in [6.07, 6.45) is 4.73. The number of rotatable bonds is 4. The number of nitrogens with zero attached hydrogens (tertiary/aromatic N) is 3. The van der Waals surface area contributed by atoms with Crippen LogP contribution >= 0.6 is 0 Å². The highest BCUT2D eigenvalue weighted by Crippen LogP contribution is 2.39. The average Bonchev–Trinajstić information content (AvgIpc) is 3.08. The Balaban J connectivity index is 1.29. The molecule has 4 rings (SSSR count). The summed E-state index contributed by atoms with van der Waals surface area (Å²) in [6.45, 7) is 3.46. The van der Waals surface area contributed by atoms with E-state index >= 15 is 0 Å². The van der Waals surface area contributed by atoms with Gasteiger partial charge >= 0.3 is 6.01 Å². The van der Waals surface area contributed by atoms with Gasteiger partial charge in [-0.1, -0.05) is 5.10 Å². The zero-order valence-corrected chi connectivity index (χ0v) is 12.0. The third-order valence-electron chi connectivity index (χ3n) is 4.66. The summed E-state index contributed by atoms with van der Waals surface area (Å²) in [5, 5.41) is 14.1.